The van der Waals surface area contributed by atoms with E-state index in [-0.39, 0.29) is 12.0 Å². The van der Waals surface area contributed by atoms with E-state index in [9.17, 15) is 0 Å². The van der Waals surface area contributed by atoms with Crippen molar-refractivity contribution in [2.24, 2.45) is 0 Å². The minimum absolute atomic E-state index is 0.126. The highest BCUT2D eigenvalue weighted by molar-refractivity contribution is 7.26. The highest BCUT2D eigenvalue weighted by Gasteiger charge is 2.39. The van der Waals surface area contributed by atoms with Gasteiger partial charge in [-0.05, 0) is 72.3 Å². The summed E-state index contributed by atoms with van der Waals surface area (Å²) in [7, 11) is 0. The predicted octanol–water partition coefficient (Wildman–Crippen LogP) is 11.8. The molecule has 3 heterocycles. The lowest BCUT2D eigenvalue weighted by molar-refractivity contribution is 0.669. The van der Waals surface area contributed by atoms with Gasteiger partial charge >= 0.3 is 0 Å². The number of rotatable bonds is 4. The third-order valence-electron chi connectivity index (χ3n) is 9.57. The second-order valence-electron chi connectivity index (χ2n) is 12.1. The SMILES string of the molecule is C1=CC2c3ccccc3N(c3ccccc3)C2C=C1N(c1cccc2oc3ccccc3c12)c1cccc2sc3ccccc3c12. The summed E-state index contributed by atoms with van der Waals surface area (Å²) in [6.45, 7) is 0. The largest absolute Gasteiger partial charge is 0.456 e. The standard InChI is InChI=1S/C42H28N2OS/c1-2-12-27(13-3-1)43-33-17-7-4-14-29(33)30-25-24-28(26-36(30)43)44(34-18-10-21-38-41(34)31-15-5-8-20-37(31)45-38)35-19-11-23-40-42(35)32-16-6-9-22-39(32)46-40/h1-26,30,36H. The van der Waals surface area contributed by atoms with E-state index in [1.807, 2.05) is 17.4 Å². The van der Waals surface area contributed by atoms with Crippen molar-refractivity contribution in [1.29, 1.82) is 0 Å². The van der Waals surface area contributed by atoms with Crippen molar-refractivity contribution in [3.63, 3.8) is 0 Å². The summed E-state index contributed by atoms with van der Waals surface area (Å²) in [4.78, 5) is 4.99. The van der Waals surface area contributed by atoms with Crippen molar-refractivity contribution in [2.75, 3.05) is 9.80 Å². The maximum Gasteiger partial charge on any atom is 0.137 e. The van der Waals surface area contributed by atoms with Crippen LogP contribution in [0.4, 0.5) is 22.7 Å². The van der Waals surface area contributed by atoms with Gasteiger partial charge in [0.25, 0.3) is 0 Å². The quantitative estimate of drug-likeness (QED) is 0.198. The Kier molecular flexibility index (Phi) is 5.57. The van der Waals surface area contributed by atoms with E-state index >= 15 is 0 Å². The van der Waals surface area contributed by atoms with E-state index in [0.717, 1.165) is 33.3 Å². The molecule has 2 aliphatic rings. The zero-order chi connectivity index (χ0) is 30.2. The van der Waals surface area contributed by atoms with Crippen LogP contribution in [-0.4, -0.2) is 6.04 Å². The number of hydrogen-bond acceptors (Lipinski definition) is 4. The number of thiophene rings is 1. The Morgan fingerprint density at radius 1 is 0.587 bits per heavy atom. The summed E-state index contributed by atoms with van der Waals surface area (Å²) < 4.78 is 9.01. The summed E-state index contributed by atoms with van der Waals surface area (Å²) in [5.74, 6) is 0.255. The summed E-state index contributed by atoms with van der Waals surface area (Å²) in [5.41, 5.74) is 9.06. The maximum atomic E-state index is 6.43. The van der Waals surface area contributed by atoms with Gasteiger partial charge in [0.1, 0.15) is 11.2 Å². The zero-order valence-corrected chi connectivity index (χ0v) is 25.7. The maximum absolute atomic E-state index is 6.43. The van der Waals surface area contributed by atoms with E-state index in [0.29, 0.717) is 0 Å². The van der Waals surface area contributed by atoms with Crippen LogP contribution in [0.15, 0.2) is 168 Å². The van der Waals surface area contributed by atoms with Gasteiger partial charge in [0.05, 0.1) is 22.8 Å². The van der Waals surface area contributed by atoms with E-state index in [1.54, 1.807) is 0 Å². The second kappa shape index (κ2) is 9.96. The second-order valence-corrected chi connectivity index (χ2v) is 13.1. The van der Waals surface area contributed by atoms with Gasteiger partial charge in [-0.3, -0.25) is 0 Å². The number of hydrogen-bond donors (Lipinski definition) is 0. The molecule has 2 aromatic heterocycles. The molecule has 0 radical (unpaired) electrons. The molecule has 4 heteroatoms. The molecular weight excluding hydrogens is 581 g/mol. The zero-order valence-electron chi connectivity index (χ0n) is 24.9. The van der Waals surface area contributed by atoms with Crippen LogP contribution in [0.25, 0.3) is 42.1 Å². The molecule has 2 unspecified atom stereocenters. The summed E-state index contributed by atoms with van der Waals surface area (Å²) in [5, 5.41) is 4.81. The Morgan fingerprint density at radius 2 is 1.28 bits per heavy atom. The molecule has 2 atom stereocenters. The molecule has 1 aliphatic heterocycles. The predicted molar refractivity (Wildman–Crippen MR) is 194 cm³/mol. The highest BCUT2D eigenvalue weighted by atomic mass is 32.1. The minimum atomic E-state index is 0.126. The van der Waals surface area contributed by atoms with Crippen molar-refractivity contribution in [3.05, 3.63) is 169 Å². The van der Waals surface area contributed by atoms with Gasteiger partial charge < -0.3 is 14.2 Å². The summed E-state index contributed by atoms with van der Waals surface area (Å²) >= 11 is 1.86. The van der Waals surface area contributed by atoms with Crippen LogP contribution in [0.5, 0.6) is 0 Å². The average Bonchev–Trinajstić information content (AvgIpc) is 3.79. The first-order chi connectivity index (χ1) is 22.8. The number of furan rings is 1. The molecule has 0 N–H and O–H groups in total. The number of para-hydroxylation sites is 3. The fourth-order valence-electron chi connectivity index (χ4n) is 7.66. The number of nitrogens with zero attached hydrogens (tertiary/aromatic N) is 2. The molecule has 46 heavy (non-hydrogen) atoms. The molecular formula is C42H28N2OS. The molecule has 3 nitrogen and oxygen atoms in total. The molecule has 0 bridgehead atoms. The average molecular weight is 609 g/mol. The smallest absolute Gasteiger partial charge is 0.137 e. The van der Waals surface area contributed by atoms with E-state index in [2.05, 4.69) is 161 Å². The highest BCUT2D eigenvalue weighted by Crippen LogP contribution is 2.51. The molecule has 0 spiro atoms. The van der Waals surface area contributed by atoms with Gasteiger partial charge in [-0.25, -0.2) is 0 Å². The lowest BCUT2D eigenvalue weighted by atomic mass is 9.89. The topological polar surface area (TPSA) is 19.6 Å². The first-order valence-electron chi connectivity index (χ1n) is 15.8. The first-order valence-corrected chi connectivity index (χ1v) is 16.6. The molecule has 0 amide bonds. The van der Waals surface area contributed by atoms with Crippen molar-refractivity contribution in [3.8, 4) is 0 Å². The van der Waals surface area contributed by atoms with Crippen LogP contribution in [0, 0.1) is 0 Å². The Balaban J connectivity index is 1.26. The molecule has 6 aromatic carbocycles. The van der Waals surface area contributed by atoms with Crippen LogP contribution in [-0.2, 0) is 0 Å². The Hall–Kier alpha value is -5.58. The van der Waals surface area contributed by atoms with Gasteiger partial charge in [0.2, 0.25) is 0 Å². The van der Waals surface area contributed by atoms with E-state index in [4.69, 9.17) is 4.42 Å². The van der Waals surface area contributed by atoms with Crippen LogP contribution < -0.4 is 9.80 Å². The van der Waals surface area contributed by atoms with Gasteiger partial charge in [0, 0.05) is 48.5 Å². The first kappa shape index (κ1) is 25.7. The Bertz CT molecular complexity index is 2410. The third-order valence-corrected chi connectivity index (χ3v) is 10.7. The fourth-order valence-corrected chi connectivity index (χ4v) is 8.79. The van der Waals surface area contributed by atoms with Crippen molar-refractivity contribution in [2.45, 2.75) is 12.0 Å². The molecule has 0 saturated heterocycles. The van der Waals surface area contributed by atoms with Crippen LogP contribution in [0.3, 0.4) is 0 Å². The number of allylic oxidation sites excluding steroid dienone is 1. The lowest BCUT2D eigenvalue weighted by Gasteiger charge is -2.34. The molecule has 0 fully saturated rings. The summed E-state index contributed by atoms with van der Waals surface area (Å²) in [6.07, 6.45) is 7.22. The monoisotopic (exact) mass is 608 g/mol. The normalized spacial score (nSPS) is 17.1. The van der Waals surface area contributed by atoms with Crippen molar-refractivity contribution >= 4 is 76.2 Å². The molecule has 218 valence electrons. The number of anilines is 4. The van der Waals surface area contributed by atoms with Gasteiger partial charge in [-0.15, -0.1) is 11.3 Å². The number of fused-ring (bicyclic) bond motifs is 9. The van der Waals surface area contributed by atoms with Crippen LogP contribution in [0.2, 0.25) is 0 Å². The van der Waals surface area contributed by atoms with E-state index in [1.165, 1.54) is 42.8 Å². The minimum Gasteiger partial charge on any atom is -0.456 e. The van der Waals surface area contributed by atoms with Crippen LogP contribution in [0.1, 0.15) is 11.5 Å². The fraction of sp³-hybridized carbons (Fsp3) is 0.0476. The summed E-state index contributed by atoms with van der Waals surface area (Å²) in [6, 6.07) is 50.1. The van der Waals surface area contributed by atoms with Gasteiger partial charge in [-0.1, -0.05) is 91.0 Å². The molecule has 8 aromatic rings. The Morgan fingerprint density at radius 3 is 2.20 bits per heavy atom. The molecule has 0 saturated carbocycles. The number of benzene rings is 6. The van der Waals surface area contributed by atoms with E-state index < -0.39 is 0 Å². The lowest BCUT2D eigenvalue weighted by Crippen LogP contribution is -2.31. The molecule has 1 aliphatic carbocycles. The van der Waals surface area contributed by atoms with Gasteiger partial charge in [-0.2, -0.15) is 0 Å². The van der Waals surface area contributed by atoms with Crippen molar-refractivity contribution < 1.29 is 4.42 Å². The van der Waals surface area contributed by atoms with Gasteiger partial charge in [0.15, 0.2) is 0 Å². The van der Waals surface area contributed by atoms with Crippen LogP contribution >= 0.6 is 11.3 Å². The Labute approximate surface area is 270 Å². The molecule has 10 rings (SSSR count). The van der Waals surface area contributed by atoms with Crippen molar-refractivity contribution in [1.82, 2.24) is 0 Å². The third kappa shape index (κ3) is 3.71.